The highest BCUT2D eigenvalue weighted by atomic mass is 28.4. The van der Waals surface area contributed by atoms with Crippen LogP contribution in [0.15, 0.2) is 162 Å². The summed E-state index contributed by atoms with van der Waals surface area (Å²) in [4.78, 5) is 24.7. The van der Waals surface area contributed by atoms with E-state index in [0.29, 0.717) is 25.0 Å². The molecular formula is C55H58N2O4Si2. The molecule has 320 valence electrons. The Balaban J connectivity index is 1.13. The van der Waals surface area contributed by atoms with E-state index in [-0.39, 0.29) is 22.3 Å². The second-order valence-corrected chi connectivity index (χ2v) is 28.1. The third-order valence-electron chi connectivity index (χ3n) is 13.5. The lowest BCUT2D eigenvalue weighted by molar-refractivity contribution is -0.145. The van der Waals surface area contributed by atoms with Crippen molar-refractivity contribution in [2.24, 2.45) is 9.98 Å². The molecule has 1 aliphatic carbocycles. The fourth-order valence-corrected chi connectivity index (χ4v) is 20.1. The largest absolute Gasteiger partial charge is 0.457 e. The first-order valence-corrected chi connectivity index (χ1v) is 26.2. The Morgan fingerprint density at radius 1 is 0.540 bits per heavy atom. The molecule has 0 aromatic heterocycles. The number of nitrogens with zero attached hydrogens (tertiary/aromatic N) is 2. The Kier molecular flexibility index (Phi) is 11.2. The van der Waals surface area contributed by atoms with Gasteiger partial charge in [0.2, 0.25) is 0 Å². The third kappa shape index (κ3) is 7.50. The van der Waals surface area contributed by atoms with Crippen LogP contribution in [0.5, 0.6) is 0 Å². The van der Waals surface area contributed by atoms with Crippen LogP contribution in [-0.4, -0.2) is 46.6 Å². The minimum Gasteiger partial charge on any atom is -0.457 e. The van der Waals surface area contributed by atoms with E-state index in [1.807, 2.05) is 25.1 Å². The summed E-state index contributed by atoms with van der Waals surface area (Å²) in [7, 11) is -6.00. The molecule has 2 atom stereocenters. The van der Waals surface area contributed by atoms with Crippen LogP contribution in [0.2, 0.25) is 10.1 Å². The quantitative estimate of drug-likeness (QED) is 0.102. The maximum atomic E-state index is 14.7. The highest BCUT2D eigenvalue weighted by Gasteiger charge is 2.55. The molecule has 1 fully saturated rings. The molecule has 9 rings (SSSR count). The number of hydrogen-bond donors (Lipinski definition) is 0. The summed E-state index contributed by atoms with van der Waals surface area (Å²) >= 11 is 0. The Morgan fingerprint density at radius 2 is 0.952 bits per heavy atom. The van der Waals surface area contributed by atoms with Crippen molar-refractivity contribution in [3.05, 3.63) is 178 Å². The Labute approximate surface area is 374 Å². The molecule has 2 heterocycles. The molecule has 0 N–H and O–H groups in total. The third-order valence-corrected chi connectivity index (χ3v) is 23.7. The number of ether oxygens (including phenoxy) is 1. The van der Waals surface area contributed by atoms with Gasteiger partial charge in [-0.25, -0.2) is 14.8 Å². The molecule has 0 amide bonds. The van der Waals surface area contributed by atoms with Crippen LogP contribution >= 0.6 is 0 Å². The summed E-state index contributed by atoms with van der Waals surface area (Å²) < 4.78 is 22.5. The number of para-hydroxylation sites is 1. The zero-order valence-electron chi connectivity index (χ0n) is 37.8. The van der Waals surface area contributed by atoms with Crippen molar-refractivity contribution < 1.29 is 18.4 Å². The molecule has 6 nitrogen and oxygen atoms in total. The Morgan fingerprint density at radius 3 is 1.40 bits per heavy atom. The number of aliphatic imine (C=N–C) groups is 1. The van der Waals surface area contributed by atoms with Gasteiger partial charge in [-0.05, 0) is 74.4 Å². The molecule has 0 bridgehead atoms. The molecule has 0 radical (unpaired) electrons. The highest BCUT2D eigenvalue weighted by Crippen LogP contribution is 2.43. The highest BCUT2D eigenvalue weighted by molar-refractivity contribution is 7.00. The molecule has 6 aromatic rings. The van der Waals surface area contributed by atoms with Gasteiger partial charge in [0.05, 0.1) is 28.9 Å². The maximum absolute atomic E-state index is 14.7. The average molecular weight is 867 g/mol. The van der Waals surface area contributed by atoms with E-state index in [9.17, 15) is 4.79 Å². The summed E-state index contributed by atoms with van der Waals surface area (Å²) in [6.45, 7) is 18.0. The normalized spacial score (nSPS) is 18.5. The van der Waals surface area contributed by atoms with Crippen molar-refractivity contribution in [3.63, 3.8) is 0 Å². The fraction of sp³-hybridized carbons (Fsp3) is 0.291. The predicted molar refractivity (Wildman–Crippen MR) is 261 cm³/mol. The minimum atomic E-state index is -3.00. The minimum absolute atomic E-state index is 0.241. The van der Waals surface area contributed by atoms with Crippen molar-refractivity contribution >= 4 is 66.0 Å². The number of fused-ring (bicyclic) bond motifs is 3. The van der Waals surface area contributed by atoms with E-state index in [0.717, 1.165) is 43.5 Å². The van der Waals surface area contributed by atoms with E-state index >= 15 is 0 Å². The van der Waals surface area contributed by atoms with Gasteiger partial charge in [0.15, 0.2) is 5.71 Å². The van der Waals surface area contributed by atoms with Gasteiger partial charge in [-0.1, -0.05) is 181 Å². The molecule has 63 heavy (non-hydrogen) atoms. The van der Waals surface area contributed by atoms with Crippen molar-refractivity contribution in [2.75, 3.05) is 0 Å². The molecule has 2 aliphatic heterocycles. The van der Waals surface area contributed by atoms with Crippen LogP contribution in [0.4, 0.5) is 11.4 Å². The van der Waals surface area contributed by atoms with Crippen LogP contribution in [-0.2, 0) is 18.4 Å². The first kappa shape index (κ1) is 42.8. The average Bonchev–Trinajstić information content (AvgIpc) is 3.82. The van der Waals surface area contributed by atoms with Crippen molar-refractivity contribution in [3.8, 4) is 0 Å². The van der Waals surface area contributed by atoms with Gasteiger partial charge >= 0.3 is 5.97 Å². The zero-order chi connectivity index (χ0) is 44.1. The summed E-state index contributed by atoms with van der Waals surface area (Å²) in [5.41, 5.74) is 3.92. The second-order valence-electron chi connectivity index (χ2n) is 19.5. The van der Waals surface area contributed by atoms with Crippen molar-refractivity contribution in [1.29, 1.82) is 0 Å². The van der Waals surface area contributed by atoms with Crippen molar-refractivity contribution in [2.45, 2.75) is 103 Å². The molecule has 6 aromatic carbocycles. The lowest BCUT2D eigenvalue weighted by atomic mass is 9.92. The summed E-state index contributed by atoms with van der Waals surface area (Å²) in [6, 6.07) is 53.4. The van der Waals surface area contributed by atoms with E-state index < -0.39 is 28.7 Å². The number of carbonyl (C=O) groups excluding carboxylic acids is 1. The van der Waals surface area contributed by atoms with Gasteiger partial charge in [0, 0.05) is 28.5 Å². The molecule has 3 aliphatic rings. The maximum Gasteiger partial charge on any atom is 0.357 e. The summed E-state index contributed by atoms with van der Waals surface area (Å²) in [5, 5.41) is 8.43. The number of carbonyl (C=O) groups is 1. The van der Waals surface area contributed by atoms with Crippen LogP contribution in [0.1, 0.15) is 73.3 Å². The van der Waals surface area contributed by atoms with Gasteiger partial charge in [0.25, 0.3) is 16.6 Å². The van der Waals surface area contributed by atoms with E-state index in [4.69, 9.17) is 23.6 Å². The second kappa shape index (κ2) is 16.6. The number of hydrogen-bond acceptors (Lipinski definition) is 6. The summed E-state index contributed by atoms with van der Waals surface area (Å²) in [6.07, 6.45) is 0.718. The molecular weight excluding hydrogens is 809 g/mol. The van der Waals surface area contributed by atoms with Gasteiger partial charge in [-0.15, -0.1) is 0 Å². The van der Waals surface area contributed by atoms with E-state index in [1.54, 1.807) is 0 Å². The van der Waals surface area contributed by atoms with E-state index in [2.05, 4.69) is 182 Å². The van der Waals surface area contributed by atoms with E-state index in [1.165, 1.54) is 20.7 Å². The van der Waals surface area contributed by atoms with Gasteiger partial charge in [-0.3, -0.25) is 0 Å². The summed E-state index contributed by atoms with van der Waals surface area (Å²) in [5.74, 6) is -0.416. The van der Waals surface area contributed by atoms with Crippen LogP contribution in [0.25, 0.3) is 5.57 Å². The van der Waals surface area contributed by atoms with Gasteiger partial charge in [-0.2, -0.15) is 0 Å². The Hall–Kier alpha value is -5.52. The molecule has 0 saturated heterocycles. The molecule has 1 saturated carbocycles. The molecule has 0 spiro atoms. The number of rotatable bonds is 10. The lowest BCUT2D eigenvalue weighted by Gasteiger charge is -2.49. The monoisotopic (exact) mass is 866 g/mol. The first-order valence-electron chi connectivity index (χ1n) is 22.4. The number of benzene rings is 6. The topological polar surface area (TPSA) is 69.5 Å². The van der Waals surface area contributed by atoms with Crippen molar-refractivity contribution in [1.82, 2.24) is 0 Å². The lowest BCUT2D eigenvalue weighted by Crippen LogP contribution is -2.69. The van der Waals surface area contributed by atoms with Crippen LogP contribution in [0.3, 0.4) is 0 Å². The van der Waals surface area contributed by atoms with Gasteiger partial charge in [0.1, 0.15) is 6.10 Å². The van der Waals surface area contributed by atoms with Crippen LogP contribution < -0.4 is 31.3 Å². The molecule has 2 unspecified atom stereocenters. The zero-order valence-corrected chi connectivity index (χ0v) is 39.8. The number of esters is 1. The molecule has 8 heteroatoms. The Bertz CT molecular complexity index is 2740. The smallest absolute Gasteiger partial charge is 0.357 e. The SMILES string of the molecule is CC1=c2c(cc3c(c2C)N=c2ccccc2=3)N=C1C(=O)OC1CC(O[Si](c2ccccc2)(c2ccccc2)C(C)(C)C)CC(O[Si](c2ccccc2)(c2ccccc2)C(C)(C)C)C1. The first-order chi connectivity index (χ1) is 30.2. The van der Waals surface area contributed by atoms with Crippen LogP contribution in [0, 0.1) is 17.4 Å². The predicted octanol–water partition coefficient (Wildman–Crippen LogP) is 8.79. The standard InChI is InChI=1S/C55H58N2O4Si2/c1-37-50-38(2)52(57-49(50)36-47-46-31-21-22-32-48(46)56-51(37)47)53(58)59-39-33-40(60-62(54(3,4)5,42-23-13-9-14-24-42)43-25-15-10-16-26-43)35-41(34-39)61-63(55(6,7)8,44-27-17-11-18-28-44)45-29-19-12-20-30-45/h9-32,36,39-41H,33-35H2,1-8H3. The fourth-order valence-electron chi connectivity index (χ4n) is 10.7. The van der Waals surface area contributed by atoms with Gasteiger partial charge < -0.3 is 13.6 Å².